The monoisotopic (exact) mass is 417 g/mol. The van der Waals surface area contributed by atoms with E-state index in [-0.39, 0.29) is 5.82 Å². The number of rotatable bonds is 10. The minimum absolute atomic E-state index is 0.0993. The van der Waals surface area contributed by atoms with Crippen LogP contribution < -0.4 is 0 Å². The van der Waals surface area contributed by atoms with Gasteiger partial charge in [-0.1, -0.05) is 52.2 Å². The van der Waals surface area contributed by atoms with Crippen LogP contribution in [0.15, 0.2) is 24.3 Å². The number of benzene rings is 1. The zero-order chi connectivity index (χ0) is 21.5. The van der Waals surface area contributed by atoms with Gasteiger partial charge in [0.15, 0.2) is 0 Å². The summed E-state index contributed by atoms with van der Waals surface area (Å²) in [5.41, 5.74) is 1.20. The molecular weight excluding hydrogens is 373 g/mol. The summed E-state index contributed by atoms with van der Waals surface area (Å²) in [4.78, 5) is 2.71. The predicted octanol–water partition coefficient (Wildman–Crippen LogP) is 6.90. The van der Waals surface area contributed by atoms with E-state index >= 15 is 0 Å². The molecule has 1 saturated carbocycles. The quantitative estimate of drug-likeness (QED) is 0.410. The van der Waals surface area contributed by atoms with Gasteiger partial charge in [-0.05, 0) is 92.5 Å². The fraction of sp³-hybridized carbons (Fsp3) is 0.778. The minimum Gasteiger partial charge on any atom is -0.381 e. The Balaban J connectivity index is 1.66. The third kappa shape index (κ3) is 6.07. The van der Waals surface area contributed by atoms with Gasteiger partial charge in [0.1, 0.15) is 5.82 Å². The lowest BCUT2D eigenvalue weighted by Crippen LogP contribution is -2.40. The number of hydrogen-bond acceptors (Lipinski definition) is 2. The van der Waals surface area contributed by atoms with Crippen molar-refractivity contribution in [2.45, 2.75) is 84.2 Å². The molecule has 0 radical (unpaired) electrons. The smallest absolute Gasteiger partial charge is 0.123 e. The zero-order valence-electron chi connectivity index (χ0n) is 19.8. The van der Waals surface area contributed by atoms with E-state index in [0.29, 0.717) is 23.9 Å². The number of piperidine rings is 1. The average Bonchev–Trinajstić information content (AvgIpc) is 3.23. The molecule has 4 unspecified atom stereocenters. The summed E-state index contributed by atoms with van der Waals surface area (Å²) in [6, 6.07) is 7.42. The second kappa shape index (κ2) is 11.6. The number of methoxy groups -OCH3 is 1. The summed E-state index contributed by atoms with van der Waals surface area (Å²) in [6.07, 6.45) is 10.3. The van der Waals surface area contributed by atoms with Crippen LogP contribution in [0.2, 0.25) is 0 Å². The van der Waals surface area contributed by atoms with Gasteiger partial charge in [-0.2, -0.15) is 0 Å². The highest BCUT2D eigenvalue weighted by Gasteiger charge is 2.40. The van der Waals surface area contributed by atoms with E-state index in [1.54, 1.807) is 12.1 Å². The van der Waals surface area contributed by atoms with Gasteiger partial charge in [-0.15, -0.1) is 0 Å². The molecule has 0 N–H and O–H groups in total. The largest absolute Gasteiger partial charge is 0.381 e. The molecule has 3 rings (SSSR count). The number of nitrogens with zero attached hydrogens (tertiary/aromatic N) is 1. The van der Waals surface area contributed by atoms with Crippen molar-refractivity contribution in [3.8, 4) is 0 Å². The van der Waals surface area contributed by atoms with Crippen molar-refractivity contribution in [3.63, 3.8) is 0 Å². The van der Waals surface area contributed by atoms with Gasteiger partial charge in [0.25, 0.3) is 0 Å². The summed E-state index contributed by atoms with van der Waals surface area (Å²) in [6.45, 7) is 10.7. The predicted molar refractivity (Wildman–Crippen MR) is 124 cm³/mol. The fourth-order valence-corrected chi connectivity index (χ4v) is 6.21. The fourth-order valence-electron chi connectivity index (χ4n) is 6.21. The molecule has 0 spiro atoms. The van der Waals surface area contributed by atoms with Gasteiger partial charge < -0.3 is 9.64 Å². The van der Waals surface area contributed by atoms with Crippen LogP contribution in [0.3, 0.4) is 0 Å². The lowest BCUT2D eigenvalue weighted by atomic mass is 9.71. The van der Waals surface area contributed by atoms with E-state index in [0.717, 1.165) is 18.3 Å². The second-order valence-electron chi connectivity index (χ2n) is 10.1. The van der Waals surface area contributed by atoms with Crippen LogP contribution in [0.1, 0.15) is 83.6 Å². The normalized spacial score (nSPS) is 26.6. The Hall–Kier alpha value is -0.930. The molecule has 1 saturated heterocycles. The van der Waals surface area contributed by atoms with E-state index in [1.165, 1.54) is 70.1 Å². The minimum atomic E-state index is -0.0993. The summed E-state index contributed by atoms with van der Waals surface area (Å²) < 4.78 is 20.0. The van der Waals surface area contributed by atoms with E-state index in [9.17, 15) is 4.39 Å². The third-order valence-electron chi connectivity index (χ3n) is 8.17. The number of ether oxygens (including phenoxy) is 1. The van der Waals surface area contributed by atoms with Crippen LogP contribution in [-0.2, 0) is 4.74 Å². The topological polar surface area (TPSA) is 12.5 Å². The van der Waals surface area contributed by atoms with Crippen LogP contribution >= 0.6 is 0 Å². The Morgan fingerprint density at radius 3 is 2.50 bits per heavy atom. The molecule has 2 aliphatic rings. The summed E-state index contributed by atoms with van der Waals surface area (Å²) >= 11 is 0. The Morgan fingerprint density at radius 1 is 1.10 bits per heavy atom. The summed E-state index contributed by atoms with van der Waals surface area (Å²) in [5, 5.41) is 0. The van der Waals surface area contributed by atoms with Crippen molar-refractivity contribution in [3.05, 3.63) is 35.6 Å². The number of hydrogen-bond donors (Lipinski definition) is 0. The first-order valence-electron chi connectivity index (χ1n) is 12.6. The molecule has 0 amide bonds. The van der Waals surface area contributed by atoms with E-state index in [1.807, 2.05) is 13.2 Å². The molecule has 1 heterocycles. The van der Waals surface area contributed by atoms with E-state index in [4.69, 9.17) is 4.74 Å². The lowest BCUT2D eigenvalue weighted by Gasteiger charge is -2.41. The van der Waals surface area contributed by atoms with Crippen molar-refractivity contribution >= 4 is 0 Å². The van der Waals surface area contributed by atoms with Crippen LogP contribution in [0, 0.1) is 29.5 Å². The molecule has 170 valence electrons. The molecular formula is C27H44FNO. The Labute approximate surface area is 184 Å². The molecule has 1 aromatic carbocycles. The van der Waals surface area contributed by atoms with Crippen molar-refractivity contribution in [2.24, 2.45) is 23.7 Å². The van der Waals surface area contributed by atoms with Gasteiger partial charge in [-0.25, -0.2) is 4.39 Å². The highest BCUT2D eigenvalue weighted by Crippen LogP contribution is 2.46. The molecule has 30 heavy (non-hydrogen) atoms. The number of likely N-dealkylation sites (tertiary alicyclic amines) is 1. The average molecular weight is 418 g/mol. The summed E-state index contributed by atoms with van der Waals surface area (Å²) in [7, 11) is 1.86. The Bertz CT molecular complexity index is 627. The SMILES string of the molecule is CCC(C)CC(CC)CN1CCC(C(c2cccc(F)c2)[C@H]2CCCC2OC)CC1. The van der Waals surface area contributed by atoms with Gasteiger partial charge in [0.2, 0.25) is 0 Å². The van der Waals surface area contributed by atoms with Gasteiger partial charge in [-0.3, -0.25) is 0 Å². The van der Waals surface area contributed by atoms with Crippen LogP contribution in [0.5, 0.6) is 0 Å². The van der Waals surface area contributed by atoms with Crippen LogP contribution in [0.25, 0.3) is 0 Å². The van der Waals surface area contributed by atoms with Crippen molar-refractivity contribution in [1.82, 2.24) is 4.90 Å². The van der Waals surface area contributed by atoms with Gasteiger partial charge >= 0.3 is 0 Å². The van der Waals surface area contributed by atoms with Crippen LogP contribution in [-0.4, -0.2) is 37.7 Å². The maximum Gasteiger partial charge on any atom is 0.123 e. The van der Waals surface area contributed by atoms with Crippen molar-refractivity contribution in [1.29, 1.82) is 0 Å². The molecule has 5 atom stereocenters. The van der Waals surface area contributed by atoms with E-state index < -0.39 is 0 Å². The molecule has 1 aromatic rings. The third-order valence-corrected chi connectivity index (χ3v) is 8.17. The second-order valence-corrected chi connectivity index (χ2v) is 10.1. The molecule has 1 aliphatic heterocycles. The Kier molecular flexibility index (Phi) is 9.19. The molecule has 2 nitrogen and oxygen atoms in total. The maximum atomic E-state index is 14.1. The molecule has 3 heteroatoms. The highest BCUT2D eigenvalue weighted by atomic mass is 19.1. The zero-order valence-corrected chi connectivity index (χ0v) is 19.8. The van der Waals surface area contributed by atoms with Gasteiger partial charge in [0.05, 0.1) is 6.10 Å². The van der Waals surface area contributed by atoms with Crippen molar-refractivity contribution in [2.75, 3.05) is 26.7 Å². The van der Waals surface area contributed by atoms with E-state index in [2.05, 4.69) is 31.7 Å². The van der Waals surface area contributed by atoms with Crippen LogP contribution in [0.4, 0.5) is 4.39 Å². The standard InChI is InChI=1S/C27H44FNO/c1-5-20(3)17-21(6-2)19-29-15-13-22(14-16-29)27(23-9-7-10-24(28)18-23)25-11-8-12-26(25)30-4/h7,9-10,18,20-22,25-27H,5-6,8,11-17,19H2,1-4H3/t20?,21?,25-,26?,27?/m0/s1. The van der Waals surface area contributed by atoms with Gasteiger partial charge in [0, 0.05) is 13.7 Å². The highest BCUT2D eigenvalue weighted by molar-refractivity contribution is 5.23. The Morgan fingerprint density at radius 2 is 1.87 bits per heavy atom. The molecule has 0 bridgehead atoms. The number of halogens is 1. The molecule has 1 aliphatic carbocycles. The molecule has 0 aromatic heterocycles. The summed E-state index contributed by atoms with van der Waals surface area (Å²) in [5.74, 6) is 3.15. The van der Waals surface area contributed by atoms with Crippen molar-refractivity contribution < 1.29 is 9.13 Å². The first-order valence-corrected chi connectivity index (χ1v) is 12.6. The lowest BCUT2D eigenvalue weighted by molar-refractivity contribution is 0.0404. The maximum absolute atomic E-state index is 14.1. The first kappa shape index (κ1) is 23.7. The first-order chi connectivity index (χ1) is 14.5. The molecule has 2 fully saturated rings.